The lowest BCUT2D eigenvalue weighted by Gasteiger charge is -2.00. The molecule has 0 fully saturated rings. The zero-order chi connectivity index (χ0) is 12.3. The number of halogens is 1. The molecule has 86 valence electrons. The Balaban J connectivity index is 2.46. The topological polar surface area (TPSA) is 49.0 Å². The summed E-state index contributed by atoms with van der Waals surface area (Å²) in [6, 6.07) is 7.74. The minimum atomic E-state index is 0.0545. The largest absolute Gasteiger partial charge is 0.392 e. The van der Waals surface area contributed by atoms with Crippen molar-refractivity contribution >= 4 is 26.8 Å². The number of fused-ring (bicyclic) bond motifs is 1. The van der Waals surface area contributed by atoms with Gasteiger partial charge in [0.15, 0.2) is 0 Å². The summed E-state index contributed by atoms with van der Waals surface area (Å²) < 4.78 is 3.04. The van der Waals surface area contributed by atoms with Crippen LogP contribution in [-0.2, 0) is 6.54 Å². The summed E-state index contributed by atoms with van der Waals surface area (Å²) in [5.74, 6) is 0. The van der Waals surface area contributed by atoms with E-state index in [2.05, 4.69) is 26.6 Å². The van der Waals surface area contributed by atoms with Gasteiger partial charge in [0.1, 0.15) is 0 Å². The normalized spacial score (nSPS) is 11.1. The van der Waals surface area contributed by atoms with Crippen molar-refractivity contribution in [2.75, 3.05) is 6.61 Å². The minimum Gasteiger partial charge on any atom is -0.392 e. The fourth-order valence-corrected chi connectivity index (χ4v) is 2.30. The van der Waals surface area contributed by atoms with Crippen molar-refractivity contribution in [1.82, 2.24) is 4.57 Å². The van der Waals surface area contributed by atoms with Gasteiger partial charge in [0, 0.05) is 28.1 Å². The standard InChI is InChI=1S/C13H11BrN2O/c14-12-9-16(5-1-2-6-17)13-4-3-10(8-15)7-11(12)13/h1-4,7,9,17H,5-6H2/b2-1+. The number of allylic oxidation sites excluding steroid dienone is 1. The fraction of sp³-hybridized carbons (Fsp3) is 0.154. The molecule has 1 aromatic carbocycles. The van der Waals surface area contributed by atoms with E-state index in [4.69, 9.17) is 10.4 Å². The van der Waals surface area contributed by atoms with Crippen LogP contribution in [0.25, 0.3) is 10.9 Å². The Morgan fingerprint density at radius 1 is 1.41 bits per heavy atom. The van der Waals surface area contributed by atoms with Gasteiger partial charge in [-0.1, -0.05) is 12.2 Å². The van der Waals surface area contributed by atoms with Gasteiger partial charge in [-0.3, -0.25) is 0 Å². The highest BCUT2D eigenvalue weighted by Gasteiger charge is 2.06. The molecule has 0 aliphatic heterocycles. The molecular weight excluding hydrogens is 280 g/mol. The zero-order valence-corrected chi connectivity index (χ0v) is 10.7. The van der Waals surface area contributed by atoms with Gasteiger partial charge in [-0.2, -0.15) is 5.26 Å². The second kappa shape index (κ2) is 5.17. The van der Waals surface area contributed by atoms with Crippen LogP contribution in [0.15, 0.2) is 41.0 Å². The Kier molecular flexibility index (Phi) is 3.62. The van der Waals surface area contributed by atoms with Crippen LogP contribution < -0.4 is 0 Å². The fourth-order valence-electron chi connectivity index (χ4n) is 1.74. The van der Waals surface area contributed by atoms with Crippen molar-refractivity contribution in [2.24, 2.45) is 0 Å². The molecule has 2 aromatic rings. The van der Waals surface area contributed by atoms with Crippen LogP contribution in [0.3, 0.4) is 0 Å². The van der Waals surface area contributed by atoms with E-state index in [-0.39, 0.29) is 6.61 Å². The molecule has 17 heavy (non-hydrogen) atoms. The van der Waals surface area contributed by atoms with Gasteiger partial charge in [-0.15, -0.1) is 0 Å². The van der Waals surface area contributed by atoms with Crippen molar-refractivity contribution in [3.8, 4) is 6.07 Å². The summed E-state index contributed by atoms with van der Waals surface area (Å²) in [4.78, 5) is 0. The summed E-state index contributed by atoms with van der Waals surface area (Å²) in [5, 5.41) is 18.6. The van der Waals surface area contributed by atoms with Crippen molar-refractivity contribution < 1.29 is 5.11 Å². The second-order valence-electron chi connectivity index (χ2n) is 3.63. The lowest BCUT2D eigenvalue weighted by atomic mass is 10.2. The number of nitriles is 1. The van der Waals surface area contributed by atoms with Gasteiger partial charge < -0.3 is 9.67 Å². The van der Waals surface area contributed by atoms with E-state index < -0.39 is 0 Å². The molecule has 0 aliphatic carbocycles. The van der Waals surface area contributed by atoms with E-state index in [1.165, 1.54) is 0 Å². The molecule has 0 atom stereocenters. The average molecular weight is 291 g/mol. The predicted octanol–water partition coefficient (Wildman–Crippen LogP) is 2.82. The van der Waals surface area contributed by atoms with E-state index in [0.29, 0.717) is 12.1 Å². The molecule has 0 amide bonds. The molecular formula is C13H11BrN2O. The lowest BCUT2D eigenvalue weighted by Crippen LogP contribution is -1.92. The van der Waals surface area contributed by atoms with Crippen LogP contribution >= 0.6 is 15.9 Å². The number of aliphatic hydroxyl groups is 1. The first-order valence-corrected chi connectivity index (χ1v) is 6.00. The monoisotopic (exact) mass is 290 g/mol. The Morgan fingerprint density at radius 2 is 2.24 bits per heavy atom. The number of hydrogen-bond acceptors (Lipinski definition) is 2. The van der Waals surface area contributed by atoms with E-state index in [9.17, 15) is 0 Å². The van der Waals surface area contributed by atoms with Crippen molar-refractivity contribution in [1.29, 1.82) is 5.26 Å². The molecule has 1 heterocycles. The summed E-state index contributed by atoms with van der Waals surface area (Å²) >= 11 is 3.49. The van der Waals surface area contributed by atoms with E-state index in [1.54, 1.807) is 12.1 Å². The molecule has 1 aromatic heterocycles. The third kappa shape index (κ3) is 2.41. The van der Waals surface area contributed by atoms with E-state index in [0.717, 1.165) is 15.4 Å². The van der Waals surface area contributed by atoms with Crippen LogP contribution in [0.1, 0.15) is 5.56 Å². The summed E-state index contributed by atoms with van der Waals surface area (Å²) in [5.41, 5.74) is 1.72. The molecule has 1 N–H and O–H groups in total. The molecule has 4 heteroatoms. The molecule has 0 radical (unpaired) electrons. The lowest BCUT2D eigenvalue weighted by molar-refractivity contribution is 0.342. The predicted molar refractivity (Wildman–Crippen MR) is 70.6 cm³/mol. The molecule has 0 spiro atoms. The Bertz CT molecular complexity index is 608. The van der Waals surface area contributed by atoms with Crippen molar-refractivity contribution in [2.45, 2.75) is 6.54 Å². The Morgan fingerprint density at radius 3 is 2.94 bits per heavy atom. The van der Waals surface area contributed by atoms with Gasteiger partial charge >= 0.3 is 0 Å². The zero-order valence-electron chi connectivity index (χ0n) is 9.10. The highest BCUT2D eigenvalue weighted by Crippen LogP contribution is 2.27. The Labute approximate surface area is 108 Å². The third-order valence-electron chi connectivity index (χ3n) is 2.54. The number of rotatable bonds is 3. The number of benzene rings is 1. The quantitative estimate of drug-likeness (QED) is 0.884. The highest BCUT2D eigenvalue weighted by molar-refractivity contribution is 9.10. The summed E-state index contributed by atoms with van der Waals surface area (Å²) in [6.07, 6.45) is 5.60. The average Bonchev–Trinajstić information content (AvgIpc) is 2.66. The van der Waals surface area contributed by atoms with Gasteiger partial charge in [0.2, 0.25) is 0 Å². The van der Waals surface area contributed by atoms with Gasteiger partial charge in [-0.25, -0.2) is 0 Å². The summed E-state index contributed by atoms with van der Waals surface area (Å²) in [6.45, 7) is 0.757. The third-order valence-corrected chi connectivity index (χ3v) is 3.17. The maximum atomic E-state index is 8.86. The minimum absolute atomic E-state index is 0.0545. The summed E-state index contributed by atoms with van der Waals surface area (Å²) in [7, 11) is 0. The SMILES string of the molecule is N#Cc1ccc2c(c1)c(Br)cn2C/C=C/CO. The second-order valence-corrected chi connectivity index (χ2v) is 4.48. The van der Waals surface area contributed by atoms with Crippen LogP contribution in [0, 0.1) is 11.3 Å². The molecule has 0 aliphatic rings. The van der Waals surface area contributed by atoms with Gasteiger partial charge in [0.25, 0.3) is 0 Å². The maximum Gasteiger partial charge on any atom is 0.0991 e. The number of aromatic nitrogens is 1. The van der Waals surface area contributed by atoms with E-state index >= 15 is 0 Å². The van der Waals surface area contributed by atoms with Crippen LogP contribution in [0.2, 0.25) is 0 Å². The molecule has 0 unspecified atom stereocenters. The first kappa shape index (κ1) is 11.9. The van der Waals surface area contributed by atoms with Crippen molar-refractivity contribution in [3.05, 3.63) is 46.6 Å². The van der Waals surface area contributed by atoms with Crippen LogP contribution in [0.5, 0.6) is 0 Å². The smallest absolute Gasteiger partial charge is 0.0991 e. The molecule has 0 bridgehead atoms. The van der Waals surface area contributed by atoms with Crippen LogP contribution in [0.4, 0.5) is 0 Å². The number of aliphatic hydroxyl groups excluding tert-OH is 1. The first-order chi connectivity index (χ1) is 8.26. The molecule has 2 rings (SSSR count). The van der Waals surface area contributed by atoms with E-state index in [1.807, 2.05) is 24.4 Å². The van der Waals surface area contributed by atoms with Gasteiger partial charge in [-0.05, 0) is 34.1 Å². The molecule has 0 saturated carbocycles. The molecule has 0 saturated heterocycles. The first-order valence-electron chi connectivity index (χ1n) is 5.20. The molecule has 3 nitrogen and oxygen atoms in total. The number of hydrogen-bond donors (Lipinski definition) is 1. The maximum absolute atomic E-state index is 8.86. The highest BCUT2D eigenvalue weighted by atomic mass is 79.9. The van der Waals surface area contributed by atoms with Gasteiger partial charge in [0.05, 0.1) is 18.2 Å². The number of nitrogens with zero attached hydrogens (tertiary/aromatic N) is 2. The Hall–Kier alpha value is -1.57. The van der Waals surface area contributed by atoms with Crippen molar-refractivity contribution in [3.63, 3.8) is 0 Å². The van der Waals surface area contributed by atoms with Crippen LogP contribution in [-0.4, -0.2) is 16.3 Å².